The predicted molar refractivity (Wildman–Crippen MR) is 76.6 cm³/mol. The molecule has 2 amide bonds. The molecule has 1 saturated heterocycles. The van der Waals surface area contributed by atoms with Gasteiger partial charge in [-0.15, -0.1) is 11.3 Å². The van der Waals surface area contributed by atoms with Crippen LogP contribution >= 0.6 is 11.3 Å². The second kappa shape index (κ2) is 5.61. The van der Waals surface area contributed by atoms with Crippen LogP contribution < -0.4 is 11.1 Å². The molecule has 0 atom stereocenters. The molecule has 2 rings (SSSR count). The van der Waals surface area contributed by atoms with Gasteiger partial charge in [-0.2, -0.15) is 0 Å². The van der Waals surface area contributed by atoms with E-state index in [-0.39, 0.29) is 11.8 Å². The number of nitrogens with zero attached hydrogens (tertiary/aromatic N) is 1. The molecule has 0 bridgehead atoms. The van der Waals surface area contributed by atoms with Gasteiger partial charge >= 0.3 is 0 Å². The molecule has 0 radical (unpaired) electrons. The van der Waals surface area contributed by atoms with E-state index < -0.39 is 0 Å². The fraction of sp³-hybridized carbons (Fsp3) is 0.538. The van der Waals surface area contributed by atoms with Crippen molar-refractivity contribution in [1.29, 1.82) is 0 Å². The van der Waals surface area contributed by atoms with Crippen LogP contribution in [0.1, 0.15) is 44.9 Å². The Hall–Kier alpha value is -1.56. The average molecular weight is 281 g/mol. The fourth-order valence-electron chi connectivity index (χ4n) is 2.39. The Morgan fingerprint density at radius 2 is 1.89 bits per heavy atom. The molecule has 1 aromatic rings. The van der Waals surface area contributed by atoms with E-state index in [2.05, 4.69) is 5.32 Å². The maximum atomic E-state index is 12.5. The van der Waals surface area contributed by atoms with Crippen molar-refractivity contribution >= 4 is 28.2 Å². The zero-order chi connectivity index (χ0) is 14.0. The van der Waals surface area contributed by atoms with Gasteiger partial charge in [0, 0.05) is 20.1 Å². The standard InChI is InChI=1S/C13H19N3O2S/c1-8-9(11(14)19-10(8)12(17)15-2)13(18)16-6-4-3-5-7-16/h3-7,14H2,1-2H3,(H,15,17). The summed E-state index contributed by atoms with van der Waals surface area (Å²) in [4.78, 5) is 26.6. The van der Waals surface area contributed by atoms with Crippen LogP contribution in [0.3, 0.4) is 0 Å². The molecule has 1 aliphatic heterocycles. The number of amides is 2. The molecule has 104 valence electrons. The second-order valence-corrected chi connectivity index (χ2v) is 5.78. The van der Waals surface area contributed by atoms with Crippen molar-refractivity contribution in [2.75, 3.05) is 25.9 Å². The van der Waals surface area contributed by atoms with E-state index in [9.17, 15) is 9.59 Å². The lowest BCUT2D eigenvalue weighted by Crippen LogP contribution is -2.36. The molecule has 1 aliphatic rings. The summed E-state index contributed by atoms with van der Waals surface area (Å²) in [5.41, 5.74) is 7.13. The summed E-state index contributed by atoms with van der Waals surface area (Å²) in [6.07, 6.45) is 3.25. The Labute approximate surface area is 116 Å². The van der Waals surface area contributed by atoms with Crippen LogP contribution in [0.5, 0.6) is 0 Å². The third-order valence-electron chi connectivity index (χ3n) is 3.46. The smallest absolute Gasteiger partial charge is 0.261 e. The summed E-state index contributed by atoms with van der Waals surface area (Å²) in [7, 11) is 1.57. The van der Waals surface area contributed by atoms with E-state index in [1.54, 1.807) is 14.0 Å². The van der Waals surface area contributed by atoms with Crippen molar-refractivity contribution in [2.45, 2.75) is 26.2 Å². The molecule has 1 fully saturated rings. The van der Waals surface area contributed by atoms with Gasteiger partial charge in [-0.1, -0.05) is 0 Å². The monoisotopic (exact) mass is 281 g/mol. The molecule has 19 heavy (non-hydrogen) atoms. The Morgan fingerprint density at radius 1 is 1.26 bits per heavy atom. The highest BCUT2D eigenvalue weighted by Gasteiger charge is 2.26. The van der Waals surface area contributed by atoms with Gasteiger partial charge in [0.25, 0.3) is 11.8 Å². The third-order valence-corrected chi connectivity index (χ3v) is 4.58. The lowest BCUT2D eigenvalue weighted by Gasteiger charge is -2.26. The number of hydrogen-bond donors (Lipinski definition) is 2. The van der Waals surface area contributed by atoms with Crippen molar-refractivity contribution in [1.82, 2.24) is 10.2 Å². The summed E-state index contributed by atoms with van der Waals surface area (Å²) in [6.45, 7) is 3.35. The second-order valence-electron chi connectivity index (χ2n) is 4.73. The summed E-state index contributed by atoms with van der Waals surface area (Å²) in [6, 6.07) is 0. The van der Waals surface area contributed by atoms with E-state index in [0.29, 0.717) is 21.0 Å². The lowest BCUT2D eigenvalue weighted by molar-refractivity contribution is 0.0725. The number of nitrogens with two attached hydrogens (primary N) is 1. The van der Waals surface area contributed by atoms with E-state index in [1.165, 1.54) is 17.8 Å². The summed E-state index contributed by atoms with van der Waals surface area (Å²) >= 11 is 1.18. The maximum absolute atomic E-state index is 12.5. The third kappa shape index (κ3) is 2.58. The largest absolute Gasteiger partial charge is 0.390 e. The van der Waals surface area contributed by atoms with Crippen molar-refractivity contribution in [3.8, 4) is 0 Å². The molecule has 0 aliphatic carbocycles. The molecule has 1 aromatic heterocycles. The molecule has 0 spiro atoms. The highest BCUT2D eigenvalue weighted by molar-refractivity contribution is 7.18. The van der Waals surface area contributed by atoms with Crippen molar-refractivity contribution in [3.05, 3.63) is 16.0 Å². The minimum Gasteiger partial charge on any atom is -0.390 e. The van der Waals surface area contributed by atoms with Crippen LogP contribution in [0.2, 0.25) is 0 Å². The molecule has 5 nitrogen and oxygen atoms in total. The quantitative estimate of drug-likeness (QED) is 0.865. The number of nitrogen functional groups attached to an aromatic ring is 1. The zero-order valence-corrected chi connectivity index (χ0v) is 12.1. The van der Waals surface area contributed by atoms with Gasteiger partial charge in [-0.05, 0) is 31.7 Å². The highest BCUT2D eigenvalue weighted by atomic mass is 32.1. The first-order valence-corrected chi connectivity index (χ1v) is 7.28. The maximum Gasteiger partial charge on any atom is 0.261 e. The summed E-state index contributed by atoms with van der Waals surface area (Å²) in [5, 5.41) is 3.01. The topological polar surface area (TPSA) is 75.4 Å². The first-order valence-electron chi connectivity index (χ1n) is 6.46. The van der Waals surface area contributed by atoms with Gasteiger partial charge in [0.1, 0.15) is 0 Å². The first kappa shape index (κ1) is 13.9. The number of piperidine rings is 1. The number of likely N-dealkylation sites (tertiary alicyclic amines) is 1. The van der Waals surface area contributed by atoms with Crippen molar-refractivity contribution < 1.29 is 9.59 Å². The van der Waals surface area contributed by atoms with Crippen LogP contribution in [-0.2, 0) is 0 Å². The number of carbonyl (C=O) groups is 2. The number of carbonyl (C=O) groups excluding carboxylic acids is 2. The Kier molecular flexibility index (Phi) is 4.09. The Morgan fingerprint density at radius 3 is 2.47 bits per heavy atom. The SMILES string of the molecule is CNC(=O)c1sc(N)c(C(=O)N2CCCCC2)c1C. The Balaban J connectivity index is 2.31. The summed E-state index contributed by atoms with van der Waals surface area (Å²) < 4.78 is 0. The summed E-state index contributed by atoms with van der Waals surface area (Å²) in [5.74, 6) is -0.229. The number of anilines is 1. The predicted octanol–water partition coefficient (Wildman–Crippen LogP) is 1.62. The first-order chi connectivity index (χ1) is 9.06. The van der Waals surface area contributed by atoms with Gasteiger partial charge in [0.15, 0.2) is 0 Å². The number of nitrogens with one attached hydrogen (secondary N) is 1. The van der Waals surface area contributed by atoms with Gasteiger partial charge in [0.05, 0.1) is 15.4 Å². The normalized spacial score (nSPS) is 15.4. The lowest BCUT2D eigenvalue weighted by atomic mass is 10.1. The van der Waals surface area contributed by atoms with Crippen LogP contribution in [0, 0.1) is 6.92 Å². The molecule has 2 heterocycles. The molecule has 3 N–H and O–H groups in total. The minimum absolute atomic E-state index is 0.0406. The molecular formula is C13H19N3O2S. The van der Waals surface area contributed by atoms with Crippen molar-refractivity contribution in [3.63, 3.8) is 0 Å². The van der Waals surface area contributed by atoms with Crippen LogP contribution in [-0.4, -0.2) is 36.9 Å². The molecule has 0 aromatic carbocycles. The molecular weight excluding hydrogens is 262 g/mol. The van der Waals surface area contributed by atoms with Crippen LogP contribution in [0.4, 0.5) is 5.00 Å². The minimum atomic E-state index is -0.188. The molecule has 0 saturated carbocycles. The van der Waals surface area contributed by atoms with E-state index in [4.69, 9.17) is 5.73 Å². The van der Waals surface area contributed by atoms with Gasteiger partial charge in [0.2, 0.25) is 0 Å². The number of thiophene rings is 1. The zero-order valence-electron chi connectivity index (χ0n) is 11.3. The Bertz CT molecular complexity index is 504. The average Bonchev–Trinajstić information content (AvgIpc) is 2.73. The van der Waals surface area contributed by atoms with Crippen LogP contribution in [0.25, 0.3) is 0 Å². The molecule has 6 heteroatoms. The van der Waals surface area contributed by atoms with Gasteiger partial charge in [-0.3, -0.25) is 9.59 Å². The van der Waals surface area contributed by atoms with E-state index >= 15 is 0 Å². The van der Waals surface area contributed by atoms with Crippen LogP contribution in [0.15, 0.2) is 0 Å². The fourth-order valence-corrected chi connectivity index (χ4v) is 3.40. The number of hydrogen-bond acceptors (Lipinski definition) is 4. The van der Waals surface area contributed by atoms with Gasteiger partial charge in [-0.25, -0.2) is 0 Å². The number of rotatable bonds is 2. The van der Waals surface area contributed by atoms with Crippen molar-refractivity contribution in [2.24, 2.45) is 0 Å². The van der Waals surface area contributed by atoms with Gasteiger partial charge < -0.3 is 16.0 Å². The molecule has 0 unspecified atom stereocenters. The van der Waals surface area contributed by atoms with E-state index in [1.807, 2.05) is 4.90 Å². The highest BCUT2D eigenvalue weighted by Crippen LogP contribution is 2.32. The van der Waals surface area contributed by atoms with E-state index in [0.717, 1.165) is 25.9 Å².